The van der Waals surface area contributed by atoms with Crippen molar-refractivity contribution in [2.75, 3.05) is 43.2 Å². The van der Waals surface area contributed by atoms with Gasteiger partial charge in [0.15, 0.2) is 11.6 Å². The molecule has 1 fully saturated rings. The topological polar surface area (TPSA) is 135 Å². The molecule has 3 aromatic carbocycles. The summed E-state index contributed by atoms with van der Waals surface area (Å²) >= 11 is 0. The second-order valence-corrected chi connectivity index (χ2v) is 11.5. The summed E-state index contributed by atoms with van der Waals surface area (Å²) in [5.41, 5.74) is 2.04. The van der Waals surface area contributed by atoms with Crippen LogP contribution in [0, 0.1) is 0 Å². The molecule has 3 N–H and O–H groups in total. The van der Waals surface area contributed by atoms with Crippen LogP contribution in [0.5, 0.6) is 11.5 Å². The van der Waals surface area contributed by atoms with Gasteiger partial charge in [0.05, 0.1) is 30.1 Å². The molecule has 0 bridgehead atoms. The molecule has 1 aliphatic rings. The SMILES string of the molecule is COc1cc(Nc2nc3ccccc3nc2NS(=O)(=O)c2cccc(NC(=O)C[C@@H]3CCCN3C)c2)cc(OC)c1. The van der Waals surface area contributed by atoms with Crippen LogP contribution in [0.3, 0.4) is 0 Å². The molecule has 1 aromatic heterocycles. The number of aromatic nitrogens is 2. The van der Waals surface area contributed by atoms with Crippen LogP contribution < -0.4 is 24.8 Å². The number of sulfonamides is 1. The number of carbonyl (C=O) groups excluding carboxylic acids is 1. The number of amides is 1. The summed E-state index contributed by atoms with van der Waals surface area (Å²) < 4.78 is 40.4. The molecule has 0 radical (unpaired) electrons. The molecule has 0 aliphatic carbocycles. The molecule has 0 spiro atoms. The van der Waals surface area contributed by atoms with E-state index >= 15 is 0 Å². The molecule has 1 aliphatic heterocycles. The fraction of sp³-hybridized carbons (Fsp3) is 0.276. The molecule has 0 unspecified atom stereocenters. The zero-order valence-electron chi connectivity index (χ0n) is 23.0. The highest BCUT2D eigenvalue weighted by molar-refractivity contribution is 7.92. The maximum atomic E-state index is 13.5. The van der Waals surface area contributed by atoms with Crippen LogP contribution in [-0.4, -0.2) is 63.0 Å². The van der Waals surface area contributed by atoms with E-state index in [2.05, 4.69) is 30.2 Å². The van der Waals surface area contributed by atoms with Gasteiger partial charge in [-0.3, -0.25) is 9.52 Å². The molecule has 214 valence electrons. The zero-order valence-corrected chi connectivity index (χ0v) is 23.9. The number of ether oxygens (including phenoxy) is 2. The Bertz CT molecular complexity index is 1660. The lowest BCUT2D eigenvalue weighted by Crippen LogP contribution is -2.29. The molecule has 4 aromatic rings. The first kappa shape index (κ1) is 28.1. The minimum Gasteiger partial charge on any atom is -0.497 e. The van der Waals surface area contributed by atoms with Crippen molar-refractivity contribution >= 4 is 50.0 Å². The Morgan fingerprint density at radius 1 is 0.927 bits per heavy atom. The van der Waals surface area contributed by atoms with Gasteiger partial charge in [-0.05, 0) is 56.8 Å². The number of nitrogens with zero attached hydrogens (tertiary/aromatic N) is 3. The van der Waals surface area contributed by atoms with Gasteiger partial charge >= 0.3 is 0 Å². The van der Waals surface area contributed by atoms with Gasteiger partial charge in [-0.1, -0.05) is 18.2 Å². The smallest absolute Gasteiger partial charge is 0.263 e. The zero-order chi connectivity index (χ0) is 29.0. The third-order valence-electron chi connectivity index (χ3n) is 6.94. The van der Waals surface area contributed by atoms with Crippen molar-refractivity contribution in [3.63, 3.8) is 0 Å². The fourth-order valence-electron chi connectivity index (χ4n) is 4.77. The maximum absolute atomic E-state index is 13.5. The standard InChI is InChI=1S/C29H32N6O5S/c1-35-13-7-9-21(35)17-27(36)30-19-8-6-10-24(16-19)41(37,38)34-29-28(32-25-11-4-5-12-26(25)33-29)31-20-14-22(39-2)18-23(15-20)40-3/h4-6,8,10-12,14-16,18,21H,7,9,13,17H2,1-3H3,(H,30,36)(H,31,32)(H,33,34)/t21-/m0/s1. The summed E-state index contributed by atoms with van der Waals surface area (Å²) in [6.45, 7) is 0.969. The minimum absolute atomic E-state index is 0.00389. The Morgan fingerprint density at radius 3 is 2.24 bits per heavy atom. The van der Waals surface area contributed by atoms with Gasteiger partial charge in [-0.2, -0.15) is 0 Å². The van der Waals surface area contributed by atoms with E-state index in [1.54, 1.807) is 48.5 Å². The highest BCUT2D eigenvalue weighted by atomic mass is 32.2. The lowest BCUT2D eigenvalue weighted by atomic mass is 10.1. The Hall–Kier alpha value is -4.42. The monoisotopic (exact) mass is 576 g/mol. The molecule has 12 heteroatoms. The summed E-state index contributed by atoms with van der Waals surface area (Å²) in [7, 11) is 0.973. The van der Waals surface area contributed by atoms with Crippen molar-refractivity contribution in [3.05, 3.63) is 66.7 Å². The molecular weight excluding hydrogens is 544 g/mol. The summed E-state index contributed by atoms with van der Waals surface area (Å²) in [5, 5.41) is 5.98. The fourth-order valence-corrected chi connectivity index (χ4v) is 5.82. The summed E-state index contributed by atoms with van der Waals surface area (Å²) in [4.78, 5) is 24.0. The molecule has 1 atom stereocenters. The van der Waals surface area contributed by atoms with Crippen molar-refractivity contribution in [2.24, 2.45) is 0 Å². The van der Waals surface area contributed by atoms with Crippen molar-refractivity contribution < 1.29 is 22.7 Å². The Morgan fingerprint density at radius 2 is 1.61 bits per heavy atom. The first-order valence-electron chi connectivity index (χ1n) is 13.1. The highest BCUT2D eigenvalue weighted by Crippen LogP contribution is 2.31. The van der Waals surface area contributed by atoms with Gasteiger partial charge in [0.2, 0.25) is 5.91 Å². The summed E-state index contributed by atoms with van der Waals surface area (Å²) in [6.07, 6.45) is 2.38. The summed E-state index contributed by atoms with van der Waals surface area (Å²) in [5.74, 6) is 1.12. The van der Waals surface area contributed by atoms with Crippen LogP contribution in [0.2, 0.25) is 0 Å². The minimum atomic E-state index is -4.11. The van der Waals surface area contributed by atoms with Gasteiger partial charge < -0.3 is 25.0 Å². The Balaban J connectivity index is 1.42. The second kappa shape index (κ2) is 12.0. The maximum Gasteiger partial charge on any atom is 0.263 e. The number of fused-ring (bicyclic) bond motifs is 1. The molecule has 0 saturated carbocycles. The molecule has 41 heavy (non-hydrogen) atoms. The predicted octanol–water partition coefficient (Wildman–Crippen LogP) is 4.61. The largest absolute Gasteiger partial charge is 0.497 e. The number of hydrogen-bond donors (Lipinski definition) is 3. The van der Waals surface area contributed by atoms with Gasteiger partial charge in [-0.25, -0.2) is 18.4 Å². The number of benzene rings is 3. The van der Waals surface area contributed by atoms with Gasteiger partial charge in [-0.15, -0.1) is 0 Å². The quantitative estimate of drug-likeness (QED) is 0.247. The van der Waals surface area contributed by atoms with E-state index in [1.807, 2.05) is 13.1 Å². The third-order valence-corrected chi connectivity index (χ3v) is 8.27. The van der Waals surface area contributed by atoms with Crippen LogP contribution in [0.4, 0.5) is 23.0 Å². The van der Waals surface area contributed by atoms with E-state index < -0.39 is 10.0 Å². The number of anilines is 4. The predicted molar refractivity (Wildman–Crippen MR) is 159 cm³/mol. The lowest BCUT2D eigenvalue weighted by Gasteiger charge is -2.18. The van der Waals surface area contributed by atoms with Gasteiger partial charge in [0.1, 0.15) is 11.5 Å². The van der Waals surface area contributed by atoms with E-state index in [-0.39, 0.29) is 28.5 Å². The van der Waals surface area contributed by atoms with Crippen LogP contribution in [0.15, 0.2) is 71.6 Å². The number of para-hydroxylation sites is 2. The van der Waals surface area contributed by atoms with Crippen molar-refractivity contribution in [3.8, 4) is 11.5 Å². The number of nitrogens with one attached hydrogen (secondary N) is 3. The molecule has 5 rings (SSSR count). The number of carbonyl (C=O) groups is 1. The molecular formula is C29H32N6O5S. The lowest BCUT2D eigenvalue weighted by molar-refractivity contribution is -0.117. The van der Waals surface area contributed by atoms with Crippen LogP contribution in [0.25, 0.3) is 11.0 Å². The number of methoxy groups -OCH3 is 2. The molecule has 11 nitrogen and oxygen atoms in total. The van der Waals surface area contributed by atoms with E-state index in [0.717, 1.165) is 19.4 Å². The average Bonchev–Trinajstić information content (AvgIpc) is 3.36. The highest BCUT2D eigenvalue weighted by Gasteiger charge is 2.24. The third kappa shape index (κ3) is 6.67. The van der Waals surface area contributed by atoms with Crippen molar-refractivity contribution in [1.82, 2.24) is 14.9 Å². The van der Waals surface area contributed by atoms with E-state index in [0.29, 0.717) is 40.3 Å². The first-order chi connectivity index (χ1) is 19.7. The van der Waals surface area contributed by atoms with Gasteiger partial charge in [0.25, 0.3) is 10.0 Å². The second-order valence-electron chi connectivity index (χ2n) is 9.80. The van der Waals surface area contributed by atoms with E-state index in [4.69, 9.17) is 9.47 Å². The molecule has 2 heterocycles. The summed E-state index contributed by atoms with van der Waals surface area (Å²) in [6, 6.07) is 18.6. The average molecular weight is 577 g/mol. The Labute approximate surface area is 239 Å². The number of rotatable bonds is 10. The Kier molecular flexibility index (Phi) is 8.22. The van der Waals surface area contributed by atoms with Gasteiger partial charge in [0, 0.05) is 42.0 Å². The number of likely N-dealkylation sites (tertiary alicyclic amines) is 1. The van der Waals surface area contributed by atoms with Crippen molar-refractivity contribution in [2.45, 2.75) is 30.2 Å². The van der Waals surface area contributed by atoms with E-state index in [9.17, 15) is 13.2 Å². The van der Waals surface area contributed by atoms with Crippen molar-refractivity contribution in [1.29, 1.82) is 0 Å². The molecule has 1 amide bonds. The normalized spacial score (nSPS) is 15.4. The van der Waals surface area contributed by atoms with Crippen LogP contribution >= 0.6 is 0 Å². The first-order valence-corrected chi connectivity index (χ1v) is 14.6. The van der Waals surface area contributed by atoms with E-state index in [1.165, 1.54) is 26.4 Å². The molecule has 1 saturated heterocycles. The van der Waals surface area contributed by atoms with Crippen LogP contribution in [-0.2, 0) is 14.8 Å². The number of hydrogen-bond acceptors (Lipinski definition) is 9. The van der Waals surface area contributed by atoms with Crippen LogP contribution in [0.1, 0.15) is 19.3 Å².